The Hall–Kier alpha value is -5.88. The highest BCUT2D eigenvalue weighted by Crippen LogP contribution is 2.50. The number of aromatic amines is 1. The number of ether oxygens (including phenoxy) is 5. The minimum atomic E-state index is -2.43. The number of ketones is 1. The third-order valence-corrected chi connectivity index (χ3v) is 12.9. The number of carbonyl (C=O) groups excluding carboxylic acids is 2. The number of para-hydroxylation sites is 1. The first-order valence-corrected chi connectivity index (χ1v) is 20.3. The molecule has 5 aromatic rings. The number of nitrogens with one attached hydrogen (secondary N) is 1. The lowest BCUT2D eigenvalue weighted by Gasteiger charge is -2.47. The van der Waals surface area contributed by atoms with E-state index in [4.69, 9.17) is 23.7 Å². The number of hydrogen-bond donors (Lipinski definition) is 5. The molecule has 1 saturated carbocycles. The van der Waals surface area contributed by atoms with Crippen LogP contribution in [0.5, 0.6) is 17.2 Å². The average Bonchev–Trinajstić information content (AvgIpc) is 4.01. The highest BCUT2D eigenvalue weighted by molar-refractivity contribution is 6.11. The van der Waals surface area contributed by atoms with Gasteiger partial charge >= 0.3 is 0 Å². The average molecular weight is 813 g/mol. The van der Waals surface area contributed by atoms with Crippen LogP contribution in [0, 0.1) is 12.0 Å². The van der Waals surface area contributed by atoms with Crippen molar-refractivity contribution in [3.8, 4) is 29.3 Å². The molecule has 13 heteroatoms. The molecule has 5 heterocycles. The third-order valence-electron chi connectivity index (χ3n) is 12.9. The Morgan fingerprint density at radius 2 is 1.88 bits per heavy atom. The van der Waals surface area contributed by atoms with Gasteiger partial charge < -0.3 is 54.0 Å². The highest BCUT2D eigenvalue weighted by Gasteiger charge is 2.59. The Balaban J connectivity index is 1.24. The summed E-state index contributed by atoms with van der Waals surface area (Å²) >= 11 is 0. The van der Waals surface area contributed by atoms with Gasteiger partial charge in [-0.1, -0.05) is 55.2 Å². The number of H-pyrrole nitrogens is 1. The van der Waals surface area contributed by atoms with Gasteiger partial charge in [0, 0.05) is 41.2 Å². The molecule has 10 rings (SSSR count). The first-order chi connectivity index (χ1) is 29.2. The first-order valence-electron chi connectivity index (χ1n) is 20.3. The van der Waals surface area contributed by atoms with E-state index in [1.807, 2.05) is 42.6 Å². The van der Waals surface area contributed by atoms with Crippen LogP contribution in [0.2, 0.25) is 0 Å². The zero-order valence-corrected chi connectivity index (χ0v) is 32.9. The lowest BCUT2D eigenvalue weighted by molar-refractivity contribution is -0.328. The van der Waals surface area contributed by atoms with Crippen molar-refractivity contribution in [1.29, 1.82) is 0 Å². The minimum Gasteiger partial charge on any atom is -0.506 e. The number of aliphatic hydroxyl groups is 3. The van der Waals surface area contributed by atoms with Gasteiger partial charge in [-0.2, -0.15) is 0 Å². The van der Waals surface area contributed by atoms with E-state index in [0.29, 0.717) is 27.8 Å². The van der Waals surface area contributed by atoms with Crippen LogP contribution >= 0.6 is 0 Å². The first kappa shape index (κ1) is 38.3. The number of nitrogens with zero attached hydrogens (tertiary/aromatic N) is 1. The van der Waals surface area contributed by atoms with Gasteiger partial charge in [-0.05, 0) is 71.2 Å². The number of aliphatic hydroxyl groups excluding tert-OH is 2. The zero-order chi connectivity index (χ0) is 41.3. The Labute approximate surface area is 345 Å². The van der Waals surface area contributed by atoms with Crippen LogP contribution in [0.15, 0.2) is 66.9 Å². The van der Waals surface area contributed by atoms with Crippen LogP contribution in [-0.2, 0) is 27.2 Å². The molecule has 1 amide bonds. The fraction of sp³-hybridized carbons (Fsp3) is 0.362. The SMILES string of the molecule is COc1cc2cc(C3CCCC3)c3c(O)c2c2c1C=CC(c1c[nH]c4ccccc14)OCC1OC(O2)C(O)(CO)C(OC#CCc2cccc4c2CN(CC3=O)C4=O)C1O. The molecule has 60 heavy (non-hydrogen) atoms. The second kappa shape index (κ2) is 15.0. The molecule has 1 aliphatic carbocycles. The monoisotopic (exact) mass is 812 g/mol. The molecule has 6 unspecified atom stereocenters. The summed E-state index contributed by atoms with van der Waals surface area (Å²) in [4.78, 5) is 33.4. The summed E-state index contributed by atoms with van der Waals surface area (Å²) in [6.45, 7) is -1.34. The van der Waals surface area contributed by atoms with Gasteiger partial charge in [-0.3, -0.25) is 9.59 Å². The van der Waals surface area contributed by atoms with Crippen molar-refractivity contribution in [2.24, 2.45) is 0 Å². The molecule has 5 aliphatic rings. The predicted octanol–water partition coefficient (Wildman–Crippen LogP) is 5.41. The Bertz CT molecular complexity index is 2650. The smallest absolute Gasteiger partial charge is 0.254 e. The summed E-state index contributed by atoms with van der Waals surface area (Å²) in [5, 5.41) is 49.4. The van der Waals surface area contributed by atoms with Gasteiger partial charge in [-0.25, -0.2) is 0 Å². The van der Waals surface area contributed by atoms with Crippen LogP contribution in [0.25, 0.3) is 27.8 Å². The van der Waals surface area contributed by atoms with Crippen LogP contribution < -0.4 is 9.47 Å². The number of carbonyl (C=O) groups is 2. The summed E-state index contributed by atoms with van der Waals surface area (Å²) < 4.78 is 31.6. The normalized spacial score (nSPS) is 26.5. The van der Waals surface area contributed by atoms with Crippen molar-refractivity contribution in [3.63, 3.8) is 0 Å². The number of phenolic OH excluding ortho intramolecular Hbond substituents is 1. The largest absolute Gasteiger partial charge is 0.506 e. The molecule has 2 fully saturated rings. The van der Waals surface area contributed by atoms with Crippen molar-refractivity contribution >= 4 is 39.4 Å². The molecular formula is C47H44N2O11. The molecule has 0 spiro atoms. The number of benzene rings is 4. The molecule has 4 aromatic carbocycles. The van der Waals surface area contributed by atoms with Crippen molar-refractivity contribution in [3.05, 3.63) is 106 Å². The number of Topliss-reactive ketones (excluding diaryl/α,β-unsaturated/α-hetero) is 1. The van der Waals surface area contributed by atoms with Crippen molar-refractivity contribution < 1.29 is 53.7 Å². The van der Waals surface area contributed by atoms with Gasteiger partial charge in [0.15, 0.2) is 17.5 Å². The molecule has 6 atom stereocenters. The number of rotatable bonds is 4. The molecule has 1 saturated heterocycles. The minimum absolute atomic E-state index is 0.0306. The number of aromatic nitrogens is 1. The predicted molar refractivity (Wildman–Crippen MR) is 219 cm³/mol. The Morgan fingerprint density at radius 3 is 2.70 bits per heavy atom. The molecule has 0 radical (unpaired) electrons. The van der Waals surface area contributed by atoms with E-state index in [1.165, 1.54) is 12.0 Å². The molecule has 5 N–H and O–H groups in total. The summed E-state index contributed by atoms with van der Waals surface area (Å²) in [6.07, 6.45) is 4.80. The van der Waals surface area contributed by atoms with Crippen molar-refractivity contribution in [2.45, 2.75) is 80.9 Å². The molecular weight excluding hydrogens is 769 g/mol. The molecule has 308 valence electrons. The van der Waals surface area contributed by atoms with Crippen LogP contribution in [0.4, 0.5) is 0 Å². The molecule has 4 aliphatic heterocycles. The quantitative estimate of drug-likeness (QED) is 0.147. The van der Waals surface area contributed by atoms with Gasteiger partial charge in [0.05, 0.1) is 43.4 Å². The lowest BCUT2D eigenvalue weighted by Crippen LogP contribution is -2.70. The number of hydrogen-bond acceptors (Lipinski definition) is 11. The second-order valence-electron chi connectivity index (χ2n) is 16.3. The number of fused-ring (bicyclic) bond motifs is 5. The van der Waals surface area contributed by atoms with Crippen LogP contribution in [0.3, 0.4) is 0 Å². The zero-order valence-electron chi connectivity index (χ0n) is 32.9. The van der Waals surface area contributed by atoms with Crippen LogP contribution in [0.1, 0.15) is 86.2 Å². The summed E-state index contributed by atoms with van der Waals surface area (Å²) in [5.41, 5.74) is 2.19. The van der Waals surface area contributed by atoms with E-state index in [9.17, 15) is 30.0 Å². The highest BCUT2D eigenvalue weighted by atomic mass is 16.7. The van der Waals surface area contributed by atoms with E-state index >= 15 is 0 Å². The topological polar surface area (TPSA) is 180 Å². The van der Waals surface area contributed by atoms with E-state index in [-0.39, 0.29) is 60.4 Å². The summed E-state index contributed by atoms with van der Waals surface area (Å²) in [7, 11) is 1.50. The maximum atomic E-state index is 14.8. The van der Waals surface area contributed by atoms with Crippen molar-refractivity contribution in [2.75, 3.05) is 26.9 Å². The van der Waals surface area contributed by atoms with Gasteiger partial charge in [0.2, 0.25) is 6.29 Å². The fourth-order valence-electron chi connectivity index (χ4n) is 9.72. The number of methoxy groups -OCH3 is 1. The van der Waals surface area contributed by atoms with E-state index in [2.05, 4.69) is 17.0 Å². The van der Waals surface area contributed by atoms with Crippen LogP contribution in [-0.4, -0.2) is 99.1 Å². The fourth-order valence-corrected chi connectivity index (χ4v) is 9.72. The standard InChI is InChI=1S/C47H44N2O11/c1-56-37-19-27-18-31(25-8-2-3-9-25)40-35(51)22-49-21-33-26(10-6-13-29(33)45(49)54)11-7-17-57-44-41(52)38-23-58-36(32-20-48-34-14-5-4-12-28(32)34)16-15-30(37)43(39(27)42(40)53)60-46(59-38)47(44,55)24-50/h4-6,10,12-16,18-20,25,36,38,41,44,46,48,50,52-53,55H,2-3,8-9,11,21-24H2,1H3. The Morgan fingerprint density at radius 1 is 1.05 bits per heavy atom. The Kier molecular flexibility index (Phi) is 9.58. The second-order valence-corrected chi connectivity index (χ2v) is 16.3. The maximum Gasteiger partial charge on any atom is 0.254 e. The van der Waals surface area contributed by atoms with E-state index in [1.54, 1.807) is 30.4 Å². The lowest BCUT2D eigenvalue weighted by atomic mass is 9.86. The summed E-state index contributed by atoms with van der Waals surface area (Å²) in [6, 6.07) is 16.7. The van der Waals surface area contributed by atoms with Gasteiger partial charge in [0.1, 0.15) is 41.7 Å². The van der Waals surface area contributed by atoms with E-state index in [0.717, 1.165) is 53.3 Å². The number of phenols is 1. The van der Waals surface area contributed by atoms with Gasteiger partial charge in [0.25, 0.3) is 5.91 Å². The molecule has 1 aromatic heterocycles. The van der Waals surface area contributed by atoms with Crippen molar-refractivity contribution in [1.82, 2.24) is 9.88 Å². The third kappa shape index (κ3) is 6.13. The van der Waals surface area contributed by atoms with Gasteiger partial charge in [-0.15, -0.1) is 0 Å². The molecule has 13 nitrogen and oxygen atoms in total. The van der Waals surface area contributed by atoms with E-state index < -0.39 is 48.7 Å². The maximum absolute atomic E-state index is 14.8. The number of amides is 1. The molecule has 8 bridgehead atoms. The number of aromatic hydroxyl groups is 1. The summed E-state index contributed by atoms with van der Waals surface area (Å²) in [5.74, 6) is 2.11.